The van der Waals surface area contributed by atoms with Gasteiger partial charge in [0.25, 0.3) is 0 Å². The Morgan fingerprint density at radius 3 is 2.74 bits per heavy atom. The molecule has 0 aliphatic carbocycles. The molecule has 1 saturated heterocycles. The number of ether oxygens (including phenoxy) is 1. The van der Waals surface area contributed by atoms with Crippen molar-refractivity contribution in [3.63, 3.8) is 0 Å². The molecule has 2 rings (SSSR count). The predicted octanol–water partition coefficient (Wildman–Crippen LogP) is 2.62. The molecule has 2 unspecified atom stereocenters. The van der Waals surface area contributed by atoms with Crippen LogP contribution >= 0.6 is 0 Å². The Kier molecular flexibility index (Phi) is 4.10. The minimum atomic E-state index is -0.952. The monoisotopic (exact) mass is 263 g/mol. The number of rotatable bonds is 4. The normalized spacial score (nSPS) is 23.5. The van der Waals surface area contributed by atoms with Crippen molar-refractivity contribution in [1.29, 1.82) is 0 Å². The summed E-state index contributed by atoms with van der Waals surface area (Å²) in [6, 6.07) is 5.92. The van der Waals surface area contributed by atoms with Crippen LogP contribution < -0.4 is 4.74 Å². The van der Waals surface area contributed by atoms with Crippen LogP contribution in [0.15, 0.2) is 18.2 Å². The number of methoxy groups -OCH3 is 1. The summed E-state index contributed by atoms with van der Waals surface area (Å²) in [6.45, 7) is 6.46. The van der Waals surface area contributed by atoms with Gasteiger partial charge in [0, 0.05) is 19.1 Å². The highest BCUT2D eigenvalue weighted by molar-refractivity contribution is 5.90. The first kappa shape index (κ1) is 13.9. The second kappa shape index (κ2) is 5.61. The topological polar surface area (TPSA) is 49.8 Å². The van der Waals surface area contributed by atoms with E-state index in [0.717, 1.165) is 24.6 Å². The molecule has 0 aromatic heterocycles. The molecule has 1 heterocycles. The first-order valence-electron chi connectivity index (χ1n) is 6.65. The van der Waals surface area contributed by atoms with Crippen LogP contribution in [0.2, 0.25) is 0 Å². The fraction of sp³-hybridized carbons (Fsp3) is 0.533. The summed E-state index contributed by atoms with van der Waals surface area (Å²) in [7, 11) is 1.51. The predicted molar refractivity (Wildman–Crippen MR) is 73.6 cm³/mol. The molecule has 0 bridgehead atoms. The van der Waals surface area contributed by atoms with E-state index < -0.39 is 5.97 Å². The van der Waals surface area contributed by atoms with E-state index in [0.29, 0.717) is 11.8 Å². The van der Waals surface area contributed by atoms with E-state index in [1.165, 1.54) is 13.5 Å². The third-order valence-corrected chi connectivity index (χ3v) is 3.80. The van der Waals surface area contributed by atoms with Gasteiger partial charge in [-0.25, -0.2) is 4.79 Å². The summed E-state index contributed by atoms with van der Waals surface area (Å²) >= 11 is 0. The van der Waals surface area contributed by atoms with Gasteiger partial charge in [-0.2, -0.15) is 0 Å². The zero-order valence-electron chi connectivity index (χ0n) is 11.7. The summed E-state index contributed by atoms with van der Waals surface area (Å²) in [5.74, 6) is 0.214. The van der Waals surface area contributed by atoms with E-state index >= 15 is 0 Å². The molecule has 0 spiro atoms. The van der Waals surface area contributed by atoms with Crippen LogP contribution in [0, 0.1) is 5.92 Å². The van der Waals surface area contributed by atoms with E-state index in [1.807, 2.05) is 12.1 Å². The minimum Gasteiger partial charge on any atom is -0.496 e. The number of hydrogen-bond donors (Lipinski definition) is 1. The maximum atomic E-state index is 11.0. The number of carbonyl (C=O) groups is 1. The average molecular weight is 263 g/mol. The quantitative estimate of drug-likeness (QED) is 0.907. The second-order valence-electron chi connectivity index (χ2n) is 5.46. The van der Waals surface area contributed by atoms with Crippen molar-refractivity contribution in [3.8, 4) is 5.75 Å². The van der Waals surface area contributed by atoms with Crippen LogP contribution in [-0.2, 0) is 6.54 Å². The van der Waals surface area contributed by atoms with Gasteiger partial charge in [-0.15, -0.1) is 0 Å². The molecule has 2 atom stereocenters. The van der Waals surface area contributed by atoms with Gasteiger partial charge in [0.05, 0.1) is 7.11 Å². The van der Waals surface area contributed by atoms with Crippen LogP contribution in [0.25, 0.3) is 0 Å². The van der Waals surface area contributed by atoms with Crippen LogP contribution in [-0.4, -0.2) is 35.7 Å². The number of carboxylic acid groups (broad SMARTS) is 1. The molecule has 0 amide bonds. The Balaban J connectivity index is 2.15. The number of hydrogen-bond acceptors (Lipinski definition) is 3. The molecule has 104 valence electrons. The van der Waals surface area contributed by atoms with E-state index in [-0.39, 0.29) is 5.56 Å². The fourth-order valence-electron chi connectivity index (χ4n) is 2.85. The van der Waals surface area contributed by atoms with Crippen LogP contribution in [0.4, 0.5) is 0 Å². The van der Waals surface area contributed by atoms with Gasteiger partial charge >= 0.3 is 5.97 Å². The lowest BCUT2D eigenvalue weighted by Gasteiger charge is -2.21. The third-order valence-electron chi connectivity index (χ3n) is 3.80. The Hall–Kier alpha value is -1.55. The van der Waals surface area contributed by atoms with E-state index in [9.17, 15) is 4.79 Å². The second-order valence-corrected chi connectivity index (χ2v) is 5.46. The molecule has 1 fully saturated rings. The maximum Gasteiger partial charge on any atom is 0.339 e. The number of nitrogens with zero attached hydrogens (tertiary/aromatic N) is 1. The van der Waals surface area contributed by atoms with Crippen molar-refractivity contribution in [2.24, 2.45) is 5.92 Å². The van der Waals surface area contributed by atoms with Crippen molar-refractivity contribution in [2.45, 2.75) is 32.9 Å². The van der Waals surface area contributed by atoms with Gasteiger partial charge in [-0.1, -0.05) is 13.0 Å². The molecule has 19 heavy (non-hydrogen) atoms. The smallest absolute Gasteiger partial charge is 0.339 e. The molecule has 4 heteroatoms. The summed E-state index contributed by atoms with van der Waals surface area (Å²) in [5.41, 5.74) is 1.32. The van der Waals surface area contributed by atoms with E-state index in [1.54, 1.807) is 6.07 Å². The Bertz CT molecular complexity index is 472. The molecule has 0 saturated carbocycles. The molecule has 1 aliphatic heterocycles. The highest BCUT2D eigenvalue weighted by Crippen LogP contribution is 2.26. The SMILES string of the molecule is COc1cc(CN2CC(C)CC2C)ccc1C(=O)O. The summed E-state index contributed by atoms with van der Waals surface area (Å²) in [5, 5.41) is 9.06. The lowest BCUT2D eigenvalue weighted by molar-refractivity contribution is 0.0693. The summed E-state index contributed by atoms with van der Waals surface area (Å²) in [4.78, 5) is 13.5. The van der Waals surface area contributed by atoms with Gasteiger partial charge in [-0.3, -0.25) is 4.90 Å². The summed E-state index contributed by atoms with van der Waals surface area (Å²) < 4.78 is 5.16. The highest BCUT2D eigenvalue weighted by atomic mass is 16.5. The molecular weight excluding hydrogens is 242 g/mol. The maximum absolute atomic E-state index is 11.0. The Morgan fingerprint density at radius 1 is 1.47 bits per heavy atom. The van der Waals surface area contributed by atoms with E-state index in [2.05, 4.69) is 18.7 Å². The average Bonchev–Trinajstić information content (AvgIpc) is 2.67. The van der Waals surface area contributed by atoms with Crippen LogP contribution in [0.3, 0.4) is 0 Å². The van der Waals surface area contributed by atoms with Crippen LogP contribution in [0.5, 0.6) is 5.75 Å². The zero-order chi connectivity index (χ0) is 14.0. The minimum absolute atomic E-state index is 0.217. The zero-order valence-corrected chi connectivity index (χ0v) is 11.7. The fourth-order valence-corrected chi connectivity index (χ4v) is 2.85. The largest absolute Gasteiger partial charge is 0.496 e. The van der Waals surface area contributed by atoms with Gasteiger partial charge in [0.15, 0.2) is 0 Å². The first-order valence-corrected chi connectivity index (χ1v) is 6.65. The lowest BCUT2D eigenvalue weighted by atomic mass is 10.1. The third kappa shape index (κ3) is 3.07. The van der Waals surface area contributed by atoms with Crippen LogP contribution in [0.1, 0.15) is 36.2 Å². The molecular formula is C15H21NO3. The van der Waals surface area contributed by atoms with Gasteiger partial charge in [0.2, 0.25) is 0 Å². The Morgan fingerprint density at radius 2 is 2.21 bits per heavy atom. The summed E-state index contributed by atoms with van der Waals surface area (Å²) in [6.07, 6.45) is 1.23. The standard InChI is InChI=1S/C15H21NO3/c1-10-6-11(2)16(8-10)9-12-4-5-13(15(17)18)14(7-12)19-3/h4-5,7,10-11H,6,8-9H2,1-3H3,(H,17,18). The Labute approximate surface area is 114 Å². The van der Waals surface area contributed by atoms with Crippen molar-refractivity contribution in [1.82, 2.24) is 4.90 Å². The highest BCUT2D eigenvalue weighted by Gasteiger charge is 2.26. The van der Waals surface area contributed by atoms with Crippen molar-refractivity contribution < 1.29 is 14.6 Å². The van der Waals surface area contributed by atoms with Crippen molar-refractivity contribution in [3.05, 3.63) is 29.3 Å². The van der Waals surface area contributed by atoms with Crippen molar-refractivity contribution >= 4 is 5.97 Å². The molecule has 1 aliphatic rings. The molecule has 1 aromatic carbocycles. The molecule has 0 radical (unpaired) electrons. The number of benzene rings is 1. The molecule has 4 nitrogen and oxygen atoms in total. The van der Waals surface area contributed by atoms with E-state index in [4.69, 9.17) is 9.84 Å². The first-order chi connectivity index (χ1) is 9.01. The number of aromatic carboxylic acids is 1. The van der Waals surface area contributed by atoms with Crippen molar-refractivity contribution in [2.75, 3.05) is 13.7 Å². The van der Waals surface area contributed by atoms with Gasteiger partial charge in [0.1, 0.15) is 11.3 Å². The lowest BCUT2D eigenvalue weighted by Crippen LogP contribution is -2.26. The number of carboxylic acids is 1. The molecule has 1 aromatic rings. The number of likely N-dealkylation sites (tertiary alicyclic amines) is 1. The van der Waals surface area contributed by atoms with Gasteiger partial charge in [-0.05, 0) is 37.0 Å². The van der Waals surface area contributed by atoms with Gasteiger partial charge < -0.3 is 9.84 Å². The molecule has 1 N–H and O–H groups in total.